The summed E-state index contributed by atoms with van der Waals surface area (Å²) in [5.41, 5.74) is 1.61. The summed E-state index contributed by atoms with van der Waals surface area (Å²) >= 11 is 0. The van der Waals surface area contributed by atoms with Gasteiger partial charge in [0.1, 0.15) is 0 Å². The third-order valence-corrected chi connectivity index (χ3v) is 4.22. The normalized spacial score (nSPS) is 20.6. The zero-order valence-corrected chi connectivity index (χ0v) is 14.1. The largest absolute Gasteiger partial charge is 0.323 e. The number of hydrogen-bond donors (Lipinski definition) is 2. The van der Waals surface area contributed by atoms with Crippen molar-refractivity contribution in [3.63, 3.8) is 0 Å². The minimum Gasteiger partial charge on any atom is -0.323 e. The molecule has 2 heterocycles. The Morgan fingerprint density at radius 2 is 2.17 bits per heavy atom. The van der Waals surface area contributed by atoms with Gasteiger partial charge < -0.3 is 10.6 Å². The second-order valence-corrected chi connectivity index (χ2v) is 6.21. The zero-order chi connectivity index (χ0) is 15.4. The van der Waals surface area contributed by atoms with Crippen LogP contribution in [0, 0.1) is 5.41 Å². The Balaban J connectivity index is 0.00000192. The van der Waals surface area contributed by atoms with Crippen LogP contribution < -0.4 is 10.6 Å². The Morgan fingerprint density at radius 3 is 2.87 bits per heavy atom. The maximum atomic E-state index is 12.5. The molecular formula is C17H23ClN4O. The number of carbonyl (C=O) groups excluding carboxylic acids is 1. The maximum absolute atomic E-state index is 12.5. The number of nitrogens with one attached hydrogen (secondary N) is 2. The van der Waals surface area contributed by atoms with Gasteiger partial charge in [0.15, 0.2) is 0 Å². The predicted octanol–water partition coefficient (Wildman–Crippen LogP) is 2.68. The Kier molecular flexibility index (Phi) is 5.80. The highest BCUT2D eigenvalue weighted by Crippen LogP contribution is 2.27. The van der Waals surface area contributed by atoms with E-state index in [9.17, 15) is 4.79 Å². The average Bonchev–Trinajstić information content (AvgIpc) is 2.96. The Labute approximate surface area is 142 Å². The van der Waals surface area contributed by atoms with Gasteiger partial charge in [-0.25, -0.2) is 0 Å². The molecule has 0 bridgehead atoms. The van der Waals surface area contributed by atoms with Gasteiger partial charge in [-0.05, 0) is 31.9 Å². The van der Waals surface area contributed by atoms with E-state index in [-0.39, 0.29) is 23.7 Å². The van der Waals surface area contributed by atoms with Crippen LogP contribution in [0.15, 0.2) is 42.7 Å². The lowest BCUT2D eigenvalue weighted by Gasteiger charge is -2.32. The molecule has 1 amide bonds. The molecule has 6 heteroatoms. The number of halogens is 1. The van der Waals surface area contributed by atoms with Crippen LogP contribution in [0.3, 0.4) is 0 Å². The lowest BCUT2D eigenvalue weighted by molar-refractivity contribution is -0.125. The first-order valence-corrected chi connectivity index (χ1v) is 7.74. The van der Waals surface area contributed by atoms with E-state index >= 15 is 0 Å². The summed E-state index contributed by atoms with van der Waals surface area (Å²) in [5.74, 6) is 0.0685. The van der Waals surface area contributed by atoms with Gasteiger partial charge in [0.25, 0.3) is 0 Å². The molecule has 1 saturated heterocycles. The topological polar surface area (TPSA) is 59.0 Å². The summed E-state index contributed by atoms with van der Waals surface area (Å²) in [4.78, 5) is 12.5. The standard InChI is InChI=1S/C17H22N4O.ClH/c1-17(8-5-9-18-13-17)16(22)20-15-10-19-21(12-15)11-14-6-3-2-4-7-14;/h2-4,6-7,10,12,18H,5,8-9,11,13H2,1H3,(H,20,22);1H. The van der Waals surface area contributed by atoms with Crippen LogP contribution in [-0.4, -0.2) is 28.8 Å². The van der Waals surface area contributed by atoms with E-state index in [2.05, 4.69) is 27.9 Å². The zero-order valence-electron chi connectivity index (χ0n) is 13.3. The van der Waals surface area contributed by atoms with E-state index in [4.69, 9.17) is 0 Å². The van der Waals surface area contributed by atoms with Crippen LogP contribution in [0.25, 0.3) is 0 Å². The first kappa shape index (κ1) is 17.5. The van der Waals surface area contributed by atoms with Crippen LogP contribution in [0.4, 0.5) is 5.69 Å². The smallest absolute Gasteiger partial charge is 0.231 e. The number of hydrogen-bond acceptors (Lipinski definition) is 3. The van der Waals surface area contributed by atoms with Crippen molar-refractivity contribution >= 4 is 24.0 Å². The Hall–Kier alpha value is -1.85. The molecule has 0 radical (unpaired) electrons. The van der Waals surface area contributed by atoms with E-state index in [1.165, 1.54) is 5.56 Å². The Bertz CT molecular complexity index is 635. The Morgan fingerprint density at radius 1 is 1.39 bits per heavy atom. The molecule has 0 aliphatic carbocycles. The number of rotatable bonds is 4. The molecule has 1 aliphatic heterocycles. The van der Waals surface area contributed by atoms with Crippen molar-refractivity contribution < 1.29 is 4.79 Å². The fraction of sp³-hybridized carbons (Fsp3) is 0.412. The number of anilines is 1. The first-order chi connectivity index (χ1) is 10.7. The van der Waals surface area contributed by atoms with Gasteiger partial charge in [-0.1, -0.05) is 30.3 Å². The molecular weight excluding hydrogens is 312 g/mol. The quantitative estimate of drug-likeness (QED) is 0.903. The van der Waals surface area contributed by atoms with Crippen LogP contribution in [-0.2, 0) is 11.3 Å². The number of aromatic nitrogens is 2. The molecule has 1 aliphatic rings. The number of benzene rings is 1. The molecule has 1 fully saturated rings. The molecule has 3 rings (SSSR count). The fourth-order valence-electron chi connectivity index (χ4n) is 2.82. The highest BCUT2D eigenvalue weighted by molar-refractivity contribution is 5.95. The molecule has 2 N–H and O–H groups in total. The number of piperidine rings is 1. The molecule has 23 heavy (non-hydrogen) atoms. The fourth-order valence-corrected chi connectivity index (χ4v) is 2.82. The molecule has 0 saturated carbocycles. The van der Waals surface area contributed by atoms with Gasteiger partial charge in [-0.3, -0.25) is 9.48 Å². The van der Waals surface area contributed by atoms with E-state index in [0.29, 0.717) is 6.54 Å². The third kappa shape index (κ3) is 4.33. The highest BCUT2D eigenvalue weighted by Gasteiger charge is 2.34. The number of carbonyl (C=O) groups is 1. The molecule has 1 aromatic heterocycles. The van der Waals surface area contributed by atoms with Crippen molar-refractivity contribution in [2.75, 3.05) is 18.4 Å². The minimum absolute atomic E-state index is 0. The van der Waals surface area contributed by atoms with Gasteiger partial charge in [0.05, 0.1) is 23.8 Å². The lowest BCUT2D eigenvalue weighted by Crippen LogP contribution is -2.45. The summed E-state index contributed by atoms with van der Waals surface area (Å²) in [5, 5.41) is 10.6. The van der Waals surface area contributed by atoms with Crippen molar-refractivity contribution in [1.29, 1.82) is 0 Å². The number of nitrogens with zero attached hydrogens (tertiary/aromatic N) is 2. The van der Waals surface area contributed by atoms with Gasteiger partial charge >= 0.3 is 0 Å². The summed E-state index contributed by atoms with van der Waals surface area (Å²) in [6, 6.07) is 10.2. The van der Waals surface area contributed by atoms with E-state index < -0.39 is 0 Å². The predicted molar refractivity (Wildman–Crippen MR) is 93.9 cm³/mol. The van der Waals surface area contributed by atoms with Gasteiger partial charge in [0, 0.05) is 12.7 Å². The summed E-state index contributed by atoms with van der Waals surface area (Å²) in [6.45, 7) is 4.45. The van der Waals surface area contributed by atoms with Crippen LogP contribution in [0.1, 0.15) is 25.3 Å². The van der Waals surface area contributed by atoms with Gasteiger partial charge in [-0.15, -0.1) is 12.4 Å². The molecule has 5 nitrogen and oxygen atoms in total. The minimum atomic E-state index is -0.334. The van der Waals surface area contributed by atoms with Crippen molar-refractivity contribution in [3.05, 3.63) is 48.3 Å². The van der Waals surface area contributed by atoms with Crippen molar-refractivity contribution in [2.45, 2.75) is 26.3 Å². The van der Waals surface area contributed by atoms with E-state index in [1.807, 2.05) is 36.0 Å². The second-order valence-electron chi connectivity index (χ2n) is 6.21. The molecule has 124 valence electrons. The highest BCUT2D eigenvalue weighted by atomic mass is 35.5. The summed E-state index contributed by atoms with van der Waals surface area (Å²) in [6.07, 6.45) is 5.55. The second kappa shape index (κ2) is 7.62. The third-order valence-electron chi connectivity index (χ3n) is 4.22. The molecule has 0 spiro atoms. The molecule has 1 atom stereocenters. The number of amides is 1. The van der Waals surface area contributed by atoms with Gasteiger partial charge in [0.2, 0.25) is 5.91 Å². The van der Waals surface area contributed by atoms with Crippen LogP contribution in [0.2, 0.25) is 0 Å². The van der Waals surface area contributed by atoms with Crippen LogP contribution >= 0.6 is 12.4 Å². The first-order valence-electron chi connectivity index (χ1n) is 7.74. The van der Waals surface area contributed by atoms with Crippen molar-refractivity contribution in [3.8, 4) is 0 Å². The van der Waals surface area contributed by atoms with Crippen molar-refractivity contribution in [2.24, 2.45) is 5.41 Å². The summed E-state index contributed by atoms with van der Waals surface area (Å²) in [7, 11) is 0. The lowest BCUT2D eigenvalue weighted by atomic mass is 9.82. The maximum Gasteiger partial charge on any atom is 0.231 e. The van der Waals surface area contributed by atoms with E-state index in [1.54, 1.807) is 6.20 Å². The molecule has 1 aromatic carbocycles. The van der Waals surface area contributed by atoms with Crippen LogP contribution in [0.5, 0.6) is 0 Å². The van der Waals surface area contributed by atoms with Gasteiger partial charge in [-0.2, -0.15) is 5.10 Å². The monoisotopic (exact) mass is 334 g/mol. The average molecular weight is 335 g/mol. The van der Waals surface area contributed by atoms with E-state index in [0.717, 1.165) is 31.6 Å². The molecule has 1 unspecified atom stereocenters. The molecule has 2 aromatic rings. The SMILES string of the molecule is CC1(C(=O)Nc2cnn(Cc3ccccc3)c2)CCCNC1.Cl. The summed E-state index contributed by atoms with van der Waals surface area (Å²) < 4.78 is 1.84. The van der Waals surface area contributed by atoms with Crippen molar-refractivity contribution in [1.82, 2.24) is 15.1 Å².